The van der Waals surface area contributed by atoms with Crippen molar-refractivity contribution in [3.8, 4) is 0 Å². The topological polar surface area (TPSA) is 58.1 Å². The van der Waals surface area contributed by atoms with Crippen LogP contribution in [0.4, 0.5) is 0 Å². The van der Waals surface area contributed by atoms with Gasteiger partial charge in [-0.05, 0) is 66.6 Å². The van der Waals surface area contributed by atoms with Gasteiger partial charge >= 0.3 is 0 Å². The van der Waals surface area contributed by atoms with Gasteiger partial charge in [0.15, 0.2) is 0 Å². The summed E-state index contributed by atoms with van der Waals surface area (Å²) in [6, 6.07) is 13.7. The largest absolute Gasteiger partial charge is 0.343 e. The Morgan fingerprint density at radius 1 is 1.18 bits per heavy atom. The van der Waals surface area contributed by atoms with Crippen molar-refractivity contribution in [2.75, 3.05) is 13.1 Å². The molecule has 144 valence electrons. The molecular weight excluding hydrogens is 368 g/mol. The van der Waals surface area contributed by atoms with Crippen molar-refractivity contribution in [3.05, 3.63) is 82.6 Å². The van der Waals surface area contributed by atoms with Gasteiger partial charge in [0.05, 0.1) is 16.6 Å². The fourth-order valence-electron chi connectivity index (χ4n) is 3.87. The standard InChI is InChI=1S/C22H24N4OS/c27-22(20-7-4-14-28-20)25-21(19-6-1-2-10-24-19)18-5-3-13-26(16-18)15-17-8-11-23-12-9-17/h1-2,4,6-12,14,18,21H,3,5,13,15-16H2,(H,25,27). The number of hydrogen-bond acceptors (Lipinski definition) is 5. The van der Waals surface area contributed by atoms with Crippen molar-refractivity contribution < 1.29 is 4.79 Å². The normalized spacial score (nSPS) is 18.5. The molecule has 2 atom stereocenters. The Bertz CT molecular complexity index is 870. The molecule has 1 amide bonds. The van der Waals surface area contributed by atoms with Gasteiger partial charge in [-0.25, -0.2) is 0 Å². The van der Waals surface area contributed by atoms with Crippen LogP contribution in [-0.4, -0.2) is 33.9 Å². The molecule has 3 aromatic heterocycles. The smallest absolute Gasteiger partial charge is 0.261 e. The molecule has 1 aliphatic rings. The van der Waals surface area contributed by atoms with Crippen LogP contribution in [0.15, 0.2) is 66.4 Å². The van der Waals surface area contributed by atoms with Crippen molar-refractivity contribution >= 4 is 17.2 Å². The van der Waals surface area contributed by atoms with Gasteiger partial charge in [0.25, 0.3) is 5.91 Å². The van der Waals surface area contributed by atoms with E-state index in [9.17, 15) is 4.79 Å². The third-order valence-corrected chi connectivity index (χ3v) is 6.08. The summed E-state index contributed by atoms with van der Waals surface area (Å²) in [6.07, 6.45) is 7.69. The Kier molecular flexibility index (Phi) is 6.09. The van der Waals surface area contributed by atoms with E-state index in [4.69, 9.17) is 0 Å². The molecule has 2 unspecified atom stereocenters. The van der Waals surface area contributed by atoms with Gasteiger partial charge in [0.1, 0.15) is 0 Å². The van der Waals surface area contributed by atoms with Gasteiger partial charge in [-0.3, -0.25) is 19.7 Å². The molecule has 0 aromatic carbocycles. The van der Waals surface area contributed by atoms with Gasteiger partial charge in [-0.1, -0.05) is 12.1 Å². The monoisotopic (exact) mass is 392 g/mol. The summed E-state index contributed by atoms with van der Waals surface area (Å²) in [5.74, 6) is 0.311. The highest BCUT2D eigenvalue weighted by molar-refractivity contribution is 7.12. The minimum atomic E-state index is -0.0870. The molecular formula is C22H24N4OS. The van der Waals surface area contributed by atoms with Crippen molar-refractivity contribution in [2.24, 2.45) is 5.92 Å². The van der Waals surface area contributed by atoms with Gasteiger partial charge < -0.3 is 5.32 Å². The third kappa shape index (κ3) is 4.64. The van der Waals surface area contributed by atoms with Gasteiger partial charge in [0, 0.05) is 31.7 Å². The first-order valence-electron chi connectivity index (χ1n) is 9.66. The molecule has 6 heteroatoms. The predicted octanol–water partition coefficient (Wildman–Crippen LogP) is 3.92. The van der Waals surface area contributed by atoms with Crippen LogP contribution in [0.2, 0.25) is 0 Å². The zero-order valence-corrected chi connectivity index (χ0v) is 16.5. The zero-order valence-electron chi connectivity index (χ0n) is 15.7. The Morgan fingerprint density at radius 2 is 2.07 bits per heavy atom. The second-order valence-electron chi connectivity index (χ2n) is 7.18. The average Bonchev–Trinajstić information content (AvgIpc) is 3.29. The number of aromatic nitrogens is 2. The Hall–Kier alpha value is -2.57. The van der Waals surface area contributed by atoms with E-state index in [1.165, 1.54) is 16.9 Å². The average molecular weight is 393 g/mol. The molecule has 0 bridgehead atoms. The SMILES string of the molecule is O=C(NC(c1ccccn1)C1CCCN(Cc2ccncc2)C1)c1cccs1. The third-order valence-electron chi connectivity index (χ3n) is 5.21. The first-order chi connectivity index (χ1) is 13.8. The number of piperidine rings is 1. The number of carbonyl (C=O) groups is 1. The van der Waals surface area contributed by atoms with Gasteiger partial charge in [-0.15, -0.1) is 11.3 Å². The second kappa shape index (κ2) is 9.08. The molecule has 1 fully saturated rings. The number of carbonyl (C=O) groups excluding carboxylic acids is 1. The van der Waals surface area contributed by atoms with E-state index < -0.39 is 0 Å². The molecule has 3 aromatic rings. The Morgan fingerprint density at radius 3 is 2.82 bits per heavy atom. The van der Waals surface area contributed by atoms with Crippen LogP contribution in [0, 0.1) is 5.92 Å². The summed E-state index contributed by atoms with van der Waals surface area (Å²) < 4.78 is 0. The van der Waals surface area contributed by atoms with Crippen LogP contribution in [0.25, 0.3) is 0 Å². The van der Waals surface area contributed by atoms with Crippen molar-refractivity contribution in [3.63, 3.8) is 0 Å². The van der Waals surface area contributed by atoms with E-state index in [2.05, 4.69) is 32.3 Å². The lowest BCUT2D eigenvalue weighted by Crippen LogP contribution is -2.42. The highest BCUT2D eigenvalue weighted by Crippen LogP contribution is 2.30. The number of pyridine rings is 2. The molecule has 0 spiro atoms. The molecule has 4 rings (SSSR count). The highest BCUT2D eigenvalue weighted by atomic mass is 32.1. The summed E-state index contributed by atoms with van der Waals surface area (Å²) in [6.45, 7) is 2.92. The van der Waals surface area contributed by atoms with E-state index in [1.54, 1.807) is 6.20 Å². The fourth-order valence-corrected chi connectivity index (χ4v) is 4.49. The fraction of sp³-hybridized carbons (Fsp3) is 0.318. The Labute approximate surface area is 169 Å². The predicted molar refractivity (Wildman–Crippen MR) is 111 cm³/mol. The van der Waals surface area contributed by atoms with Crippen LogP contribution >= 0.6 is 11.3 Å². The van der Waals surface area contributed by atoms with E-state index in [0.29, 0.717) is 5.92 Å². The molecule has 1 saturated heterocycles. The molecule has 4 heterocycles. The first-order valence-corrected chi connectivity index (χ1v) is 10.5. The maximum atomic E-state index is 12.8. The van der Waals surface area contributed by atoms with Crippen LogP contribution in [0.5, 0.6) is 0 Å². The number of rotatable bonds is 6. The molecule has 28 heavy (non-hydrogen) atoms. The van der Waals surface area contributed by atoms with E-state index >= 15 is 0 Å². The minimum Gasteiger partial charge on any atom is -0.343 e. The summed E-state index contributed by atoms with van der Waals surface area (Å²) in [4.78, 5) is 24.6. The number of likely N-dealkylation sites (tertiary alicyclic amines) is 1. The summed E-state index contributed by atoms with van der Waals surface area (Å²) in [5, 5.41) is 5.19. The maximum absolute atomic E-state index is 12.8. The van der Waals surface area contributed by atoms with Crippen LogP contribution < -0.4 is 5.32 Å². The van der Waals surface area contributed by atoms with E-state index in [-0.39, 0.29) is 11.9 Å². The van der Waals surface area contributed by atoms with E-state index in [0.717, 1.165) is 43.0 Å². The zero-order chi connectivity index (χ0) is 19.2. The van der Waals surface area contributed by atoms with Crippen molar-refractivity contribution in [1.82, 2.24) is 20.2 Å². The maximum Gasteiger partial charge on any atom is 0.261 e. The van der Waals surface area contributed by atoms with Crippen molar-refractivity contribution in [2.45, 2.75) is 25.4 Å². The van der Waals surface area contributed by atoms with Crippen LogP contribution in [0.3, 0.4) is 0 Å². The quantitative estimate of drug-likeness (QED) is 0.691. The van der Waals surface area contributed by atoms with Gasteiger partial charge in [0.2, 0.25) is 0 Å². The van der Waals surface area contributed by atoms with Crippen LogP contribution in [0.1, 0.15) is 39.8 Å². The molecule has 1 aliphatic heterocycles. The molecule has 0 aliphatic carbocycles. The molecule has 5 nitrogen and oxygen atoms in total. The first kappa shape index (κ1) is 18.8. The number of hydrogen-bond donors (Lipinski definition) is 1. The lowest BCUT2D eigenvalue weighted by Gasteiger charge is -2.37. The number of nitrogens with one attached hydrogen (secondary N) is 1. The van der Waals surface area contributed by atoms with Gasteiger partial charge in [-0.2, -0.15) is 0 Å². The van der Waals surface area contributed by atoms with Crippen LogP contribution in [-0.2, 0) is 6.54 Å². The lowest BCUT2D eigenvalue weighted by atomic mass is 9.88. The molecule has 1 N–H and O–H groups in total. The Balaban J connectivity index is 1.51. The lowest BCUT2D eigenvalue weighted by molar-refractivity contribution is 0.0879. The summed E-state index contributed by atoms with van der Waals surface area (Å²) >= 11 is 1.47. The number of amides is 1. The minimum absolute atomic E-state index is 0.0167. The molecule has 0 saturated carbocycles. The highest BCUT2D eigenvalue weighted by Gasteiger charge is 2.30. The molecule has 0 radical (unpaired) electrons. The number of thiophene rings is 1. The summed E-state index contributed by atoms with van der Waals surface area (Å²) in [7, 11) is 0. The summed E-state index contributed by atoms with van der Waals surface area (Å²) in [5.41, 5.74) is 2.20. The van der Waals surface area contributed by atoms with Crippen molar-refractivity contribution in [1.29, 1.82) is 0 Å². The second-order valence-corrected chi connectivity index (χ2v) is 8.12. The van der Waals surface area contributed by atoms with E-state index in [1.807, 2.05) is 48.1 Å². The number of nitrogens with zero attached hydrogens (tertiary/aromatic N) is 3.